The number of phenols is 8. The van der Waals surface area contributed by atoms with Crippen LogP contribution in [0.5, 0.6) is 51.7 Å². The van der Waals surface area contributed by atoms with Gasteiger partial charge in [0.25, 0.3) is 0 Å². The van der Waals surface area contributed by atoms with Crippen LogP contribution in [0.1, 0.15) is 10.4 Å². The minimum Gasteiger partial charge on any atom is -0.508 e. The topological polar surface area (TPSA) is 298 Å². The summed E-state index contributed by atoms with van der Waals surface area (Å²) < 4.78 is 21.9. The molecule has 0 unspecified atom stereocenters. The maximum atomic E-state index is 13.6. The molecule has 45 heavy (non-hydrogen) atoms. The van der Waals surface area contributed by atoms with Crippen LogP contribution in [-0.2, 0) is 9.47 Å². The summed E-state index contributed by atoms with van der Waals surface area (Å²) >= 11 is 0. The lowest BCUT2D eigenvalue weighted by Gasteiger charge is -2.41. The van der Waals surface area contributed by atoms with Crippen LogP contribution in [0.2, 0.25) is 0 Å². The molecule has 1 saturated heterocycles. The number of hydrogen-bond donors (Lipinski definition) is 11. The van der Waals surface area contributed by atoms with Crippen LogP contribution in [0.3, 0.4) is 0 Å². The fourth-order valence-electron chi connectivity index (χ4n) is 4.63. The van der Waals surface area contributed by atoms with Crippen molar-refractivity contribution in [2.24, 2.45) is 0 Å². The van der Waals surface area contributed by atoms with Crippen LogP contribution in [0.4, 0.5) is 0 Å². The average molecular weight is 632 g/mol. The first-order valence-corrected chi connectivity index (χ1v) is 12.7. The zero-order chi connectivity index (χ0) is 32.9. The number of aliphatic hydroxyl groups excluding tert-OH is 3. The molecular formula is C28H24O17. The number of phenolic OH excluding ortho intramolecular Hbond substituents is 8. The molecule has 0 radical (unpaired) electrons. The predicted molar refractivity (Wildman–Crippen MR) is 145 cm³/mol. The lowest BCUT2D eigenvalue weighted by atomic mass is 9.98. The summed E-state index contributed by atoms with van der Waals surface area (Å²) in [6.07, 6.45) is -9.68. The number of ether oxygens (including phenoxy) is 3. The molecule has 5 atom stereocenters. The van der Waals surface area contributed by atoms with Crippen molar-refractivity contribution in [1.82, 2.24) is 0 Å². The fourth-order valence-corrected chi connectivity index (χ4v) is 4.63. The SMILES string of the molecule is O=C(O[C@H]1[C@H](O)[C@@H](O)[C@H](Oc2c(-c3cc(O)c(O)c(O)c3)oc3cc(O)cc(O)c3c2=O)O[C@@H]1CO)c1cc(O)c(O)c(O)c1. The average Bonchev–Trinajstić information content (AvgIpc) is 2.98. The molecule has 1 aliphatic rings. The molecule has 1 aromatic heterocycles. The lowest BCUT2D eigenvalue weighted by molar-refractivity contribution is -0.277. The number of esters is 1. The minimum atomic E-state index is -2.13. The van der Waals surface area contributed by atoms with E-state index < -0.39 is 123 Å². The zero-order valence-corrected chi connectivity index (χ0v) is 22.4. The van der Waals surface area contributed by atoms with Gasteiger partial charge in [0.15, 0.2) is 46.4 Å². The van der Waals surface area contributed by atoms with Gasteiger partial charge in [0.05, 0.1) is 12.2 Å². The van der Waals surface area contributed by atoms with Gasteiger partial charge in [0.1, 0.15) is 40.8 Å². The van der Waals surface area contributed by atoms with E-state index in [0.29, 0.717) is 0 Å². The highest BCUT2D eigenvalue weighted by Gasteiger charge is 2.48. The molecule has 238 valence electrons. The third-order valence-electron chi connectivity index (χ3n) is 6.85. The van der Waals surface area contributed by atoms with E-state index in [4.69, 9.17) is 18.6 Å². The van der Waals surface area contributed by atoms with Gasteiger partial charge in [-0.15, -0.1) is 0 Å². The number of hydrogen-bond acceptors (Lipinski definition) is 17. The second-order valence-corrected chi connectivity index (χ2v) is 9.85. The highest BCUT2D eigenvalue weighted by molar-refractivity contribution is 5.91. The van der Waals surface area contributed by atoms with E-state index in [-0.39, 0.29) is 5.56 Å². The Balaban J connectivity index is 1.53. The predicted octanol–water partition coefficient (Wildman–Crippen LogP) is 0.148. The number of aliphatic hydroxyl groups is 3. The first kappa shape index (κ1) is 30.8. The molecule has 0 spiro atoms. The molecule has 2 heterocycles. The summed E-state index contributed by atoms with van der Waals surface area (Å²) in [5.41, 5.74) is -2.33. The van der Waals surface area contributed by atoms with Crippen LogP contribution in [0.25, 0.3) is 22.3 Å². The van der Waals surface area contributed by atoms with Crippen molar-refractivity contribution in [1.29, 1.82) is 0 Å². The number of fused-ring (bicyclic) bond motifs is 1. The molecule has 0 saturated carbocycles. The van der Waals surface area contributed by atoms with Crippen molar-refractivity contribution in [3.8, 4) is 63.1 Å². The van der Waals surface area contributed by atoms with Crippen LogP contribution in [0, 0.1) is 0 Å². The highest BCUT2D eigenvalue weighted by atomic mass is 16.7. The molecule has 3 aromatic carbocycles. The summed E-state index contributed by atoms with van der Waals surface area (Å²) in [5.74, 6) is -9.31. The molecular weight excluding hydrogens is 608 g/mol. The maximum Gasteiger partial charge on any atom is 0.338 e. The number of carbonyl (C=O) groups is 1. The second kappa shape index (κ2) is 11.5. The second-order valence-electron chi connectivity index (χ2n) is 9.85. The largest absolute Gasteiger partial charge is 0.508 e. The van der Waals surface area contributed by atoms with Crippen molar-refractivity contribution in [3.63, 3.8) is 0 Å². The van der Waals surface area contributed by atoms with Gasteiger partial charge in [-0.1, -0.05) is 0 Å². The normalized spacial score (nSPS) is 21.4. The van der Waals surface area contributed by atoms with Crippen LogP contribution >= 0.6 is 0 Å². The van der Waals surface area contributed by atoms with Gasteiger partial charge in [-0.2, -0.15) is 0 Å². The van der Waals surface area contributed by atoms with Gasteiger partial charge in [-0.05, 0) is 24.3 Å². The van der Waals surface area contributed by atoms with E-state index in [0.717, 1.165) is 36.4 Å². The maximum absolute atomic E-state index is 13.6. The van der Waals surface area contributed by atoms with Crippen molar-refractivity contribution in [2.45, 2.75) is 30.7 Å². The van der Waals surface area contributed by atoms with Crippen molar-refractivity contribution in [3.05, 3.63) is 52.2 Å². The Hall–Kier alpha value is -5.62. The minimum absolute atomic E-state index is 0.295. The van der Waals surface area contributed by atoms with Crippen molar-refractivity contribution >= 4 is 16.9 Å². The fraction of sp³-hybridized carbons (Fsp3) is 0.214. The highest BCUT2D eigenvalue weighted by Crippen LogP contribution is 2.43. The van der Waals surface area contributed by atoms with Crippen LogP contribution in [-0.4, -0.2) is 99.5 Å². The molecule has 17 heteroatoms. The molecule has 11 N–H and O–H groups in total. The number of benzene rings is 3. The van der Waals surface area contributed by atoms with Gasteiger partial charge in [-0.25, -0.2) is 4.79 Å². The van der Waals surface area contributed by atoms with E-state index in [1.54, 1.807) is 0 Å². The van der Waals surface area contributed by atoms with Crippen molar-refractivity contribution in [2.75, 3.05) is 6.61 Å². The molecule has 0 aliphatic carbocycles. The number of rotatable bonds is 6. The Bertz CT molecular complexity index is 1820. The zero-order valence-electron chi connectivity index (χ0n) is 22.4. The summed E-state index contributed by atoms with van der Waals surface area (Å²) in [4.78, 5) is 26.3. The van der Waals surface area contributed by atoms with Crippen molar-refractivity contribution < 1.29 is 79.6 Å². The van der Waals surface area contributed by atoms with Gasteiger partial charge in [0, 0.05) is 17.7 Å². The Labute approximate surface area is 249 Å². The van der Waals surface area contributed by atoms with E-state index in [1.165, 1.54) is 0 Å². The van der Waals surface area contributed by atoms with E-state index in [9.17, 15) is 65.8 Å². The molecule has 17 nitrogen and oxygen atoms in total. The number of aromatic hydroxyl groups is 8. The van der Waals surface area contributed by atoms with Crippen LogP contribution in [0.15, 0.2) is 45.6 Å². The Morgan fingerprint density at radius 1 is 0.778 bits per heavy atom. The molecule has 5 rings (SSSR count). The quantitative estimate of drug-likeness (QED) is 0.0995. The first-order chi connectivity index (χ1) is 21.2. The molecule has 1 aliphatic heterocycles. The lowest BCUT2D eigenvalue weighted by Crippen LogP contribution is -2.61. The van der Waals surface area contributed by atoms with Gasteiger partial charge < -0.3 is 74.8 Å². The van der Waals surface area contributed by atoms with E-state index >= 15 is 0 Å². The summed E-state index contributed by atoms with van der Waals surface area (Å²) in [6, 6.07) is 4.94. The van der Waals surface area contributed by atoms with E-state index in [1.807, 2.05) is 0 Å². The standard InChI is InChI=1S/C28H24O17/c29-7-17-25(44-27(41)9-3-14(34)20(37)15(35)4-9)22(39)23(40)28(43-17)45-26-21(38)18-11(31)5-10(30)6-16(18)42-24(26)8-1-12(32)19(36)13(33)2-8/h1-6,17,22-23,25,28-37,39-40H,7H2/t17-,22-,23-,25-,28+/m1/s1. The number of carbonyl (C=O) groups excluding carboxylic acids is 1. The summed E-state index contributed by atoms with van der Waals surface area (Å²) in [6.45, 7) is -0.966. The van der Waals surface area contributed by atoms with Gasteiger partial charge >= 0.3 is 5.97 Å². The van der Waals surface area contributed by atoms with Crippen LogP contribution < -0.4 is 10.2 Å². The smallest absolute Gasteiger partial charge is 0.338 e. The molecule has 4 aromatic rings. The Morgan fingerprint density at radius 2 is 1.36 bits per heavy atom. The third-order valence-corrected chi connectivity index (χ3v) is 6.85. The Kier molecular flexibility index (Phi) is 7.86. The third kappa shape index (κ3) is 5.47. The summed E-state index contributed by atoms with van der Waals surface area (Å²) in [7, 11) is 0. The molecule has 0 bridgehead atoms. The first-order valence-electron chi connectivity index (χ1n) is 12.7. The molecule has 0 amide bonds. The van der Waals surface area contributed by atoms with Gasteiger partial charge in [-0.3, -0.25) is 4.79 Å². The monoisotopic (exact) mass is 632 g/mol. The Morgan fingerprint density at radius 3 is 1.93 bits per heavy atom. The van der Waals surface area contributed by atoms with Gasteiger partial charge in [0.2, 0.25) is 17.5 Å². The van der Waals surface area contributed by atoms with E-state index in [2.05, 4.69) is 0 Å². The summed E-state index contributed by atoms with van der Waals surface area (Å²) in [5, 5.41) is 110. The molecule has 1 fully saturated rings.